The van der Waals surface area contributed by atoms with E-state index in [9.17, 15) is 4.39 Å². The molecule has 94 valence electrons. The van der Waals surface area contributed by atoms with Crippen LogP contribution in [0.25, 0.3) is 0 Å². The summed E-state index contributed by atoms with van der Waals surface area (Å²) < 4.78 is 20.7. The van der Waals surface area contributed by atoms with Gasteiger partial charge in [0.05, 0.1) is 5.69 Å². The largest absolute Gasteiger partial charge is 0.487 e. The summed E-state index contributed by atoms with van der Waals surface area (Å²) in [6, 6.07) is 6.23. The van der Waals surface area contributed by atoms with Crippen molar-refractivity contribution in [2.45, 2.75) is 6.61 Å². The molecule has 0 unspecified atom stereocenters. The van der Waals surface area contributed by atoms with Crippen LogP contribution in [0.4, 0.5) is 4.39 Å². The van der Waals surface area contributed by atoms with E-state index >= 15 is 0 Å². The molecular weight excluding hydrogens is 253 g/mol. The number of aryl methyl sites for hydroxylation is 1. The molecule has 1 aromatic carbocycles. The van der Waals surface area contributed by atoms with Crippen LogP contribution >= 0.6 is 12.2 Å². The second-order valence-corrected chi connectivity index (χ2v) is 4.22. The van der Waals surface area contributed by atoms with Gasteiger partial charge in [-0.05, 0) is 18.2 Å². The van der Waals surface area contributed by atoms with Gasteiger partial charge < -0.3 is 10.5 Å². The highest BCUT2D eigenvalue weighted by Gasteiger charge is 2.07. The fourth-order valence-corrected chi connectivity index (χ4v) is 1.65. The standard InChI is InChI=1S/C12H12FN3OS/c1-16-5-4-8(15-16)7-17-9-2-3-10(12(14)18)11(13)6-9/h2-6H,7H2,1H3,(H2,14,18). The number of rotatable bonds is 4. The Kier molecular flexibility index (Phi) is 3.57. The summed E-state index contributed by atoms with van der Waals surface area (Å²) in [5, 5.41) is 4.15. The molecule has 2 aromatic rings. The van der Waals surface area contributed by atoms with Crippen LogP contribution in [0, 0.1) is 5.82 Å². The summed E-state index contributed by atoms with van der Waals surface area (Å²) in [6.07, 6.45) is 1.81. The number of halogens is 1. The normalized spacial score (nSPS) is 10.3. The molecule has 0 spiro atoms. The predicted octanol–water partition coefficient (Wildman–Crippen LogP) is 1.77. The summed E-state index contributed by atoms with van der Waals surface area (Å²) in [7, 11) is 1.82. The van der Waals surface area contributed by atoms with Gasteiger partial charge in [-0.2, -0.15) is 5.10 Å². The van der Waals surface area contributed by atoms with Crippen LogP contribution in [0.3, 0.4) is 0 Å². The minimum absolute atomic E-state index is 0.0313. The molecule has 1 heterocycles. The first-order valence-corrected chi connectivity index (χ1v) is 5.68. The molecule has 2 rings (SSSR count). The first-order chi connectivity index (χ1) is 8.56. The first kappa shape index (κ1) is 12.5. The molecule has 0 aliphatic rings. The molecule has 0 radical (unpaired) electrons. The molecule has 0 saturated carbocycles. The van der Waals surface area contributed by atoms with Crippen LogP contribution in [0.1, 0.15) is 11.3 Å². The lowest BCUT2D eigenvalue weighted by atomic mass is 10.2. The average molecular weight is 265 g/mol. The van der Waals surface area contributed by atoms with Gasteiger partial charge in [-0.3, -0.25) is 4.68 Å². The van der Waals surface area contributed by atoms with Crippen molar-refractivity contribution in [3.8, 4) is 5.75 Å². The van der Waals surface area contributed by atoms with Crippen molar-refractivity contribution in [3.05, 3.63) is 47.5 Å². The molecule has 0 aliphatic carbocycles. The summed E-state index contributed by atoms with van der Waals surface area (Å²) in [4.78, 5) is 0.0313. The van der Waals surface area contributed by atoms with Crippen molar-refractivity contribution < 1.29 is 9.13 Å². The maximum atomic E-state index is 13.6. The predicted molar refractivity (Wildman–Crippen MR) is 69.8 cm³/mol. The van der Waals surface area contributed by atoms with Crippen LogP contribution in [-0.2, 0) is 13.7 Å². The quantitative estimate of drug-likeness (QED) is 0.856. The Balaban J connectivity index is 2.06. The summed E-state index contributed by atoms with van der Waals surface area (Å²) in [5.41, 5.74) is 6.36. The molecule has 0 bridgehead atoms. The van der Waals surface area contributed by atoms with E-state index in [-0.39, 0.29) is 17.2 Å². The molecule has 2 N–H and O–H groups in total. The van der Waals surface area contributed by atoms with Crippen LogP contribution in [-0.4, -0.2) is 14.8 Å². The van der Waals surface area contributed by atoms with Gasteiger partial charge in [0.25, 0.3) is 0 Å². The number of nitrogens with two attached hydrogens (primary N) is 1. The first-order valence-electron chi connectivity index (χ1n) is 5.27. The lowest BCUT2D eigenvalue weighted by Crippen LogP contribution is -2.11. The van der Waals surface area contributed by atoms with Gasteiger partial charge in [0.2, 0.25) is 0 Å². The number of ether oxygens (including phenoxy) is 1. The highest BCUT2D eigenvalue weighted by Crippen LogP contribution is 2.17. The number of benzene rings is 1. The second-order valence-electron chi connectivity index (χ2n) is 3.78. The molecule has 0 aliphatic heterocycles. The third-order valence-electron chi connectivity index (χ3n) is 2.36. The Labute approximate surface area is 109 Å². The fraction of sp³-hybridized carbons (Fsp3) is 0.167. The van der Waals surface area contributed by atoms with Gasteiger partial charge >= 0.3 is 0 Å². The Morgan fingerprint density at radius 2 is 2.28 bits per heavy atom. The van der Waals surface area contributed by atoms with Crippen molar-refractivity contribution in [2.24, 2.45) is 12.8 Å². The van der Waals surface area contributed by atoms with Crippen LogP contribution in [0.15, 0.2) is 30.5 Å². The Morgan fingerprint density at radius 1 is 1.50 bits per heavy atom. The van der Waals surface area contributed by atoms with Gasteiger partial charge in [0.15, 0.2) is 0 Å². The molecule has 6 heteroatoms. The molecular formula is C12H12FN3OS. The van der Waals surface area contributed by atoms with Gasteiger partial charge in [-0.15, -0.1) is 0 Å². The van der Waals surface area contributed by atoms with Crippen molar-refractivity contribution in [2.75, 3.05) is 0 Å². The zero-order chi connectivity index (χ0) is 13.1. The molecule has 1 aromatic heterocycles. The van der Waals surface area contributed by atoms with Gasteiger partial charge in [0, 0.05) is 24.9 Å². The number of hydrogen-bond donors (Lipinski definition) is 1. The zero-order valence-corrected chi connectivity index (χ0v) is 10.6. The van der Waals surface area contributed by atoms with Crippen LogP contribution in [0.5, 0.6) is 5.75 Å². The number of thiocarbonyl (C=S) groups is 1. The minimum atomic E-state index is -0.485. The lowest BCUT2D eigenvalue weighted by Gasteiger charge is -2.06. The monoisotopic (exact) mass is 265 g/mol. The average Bonchev–Trinajstić information content (AvgIpc) is 2.72. The van der Waals surface area contributed by atoms with E-state index in [0.717, 1.165) is 5.69 Å². The van der Waals surface area contributed by atoms with E-state index in [1.807, 2.05) is 19.3 Å². The highest BCUT2D eigenvalue weighted by molar-refractivity contribution is 7.80. The zero-order valence-electron chi connectivity index (χ0n) is 9.76. The highest BCUT2D eigenvalue weighted by atomic mass is 32.1. The Hall–Kier alpha value is -1.95. The fourth-order valence-electron chi connectivity index (χ4n) is 1.48. The van der Waals surface area contributed by atoms with Gasteiger partial charge in [0.1, 0.15) is 23.2 Å². The van der Waals surface area contributed by atoms with Gasteiger partial charge in [-0.25, -0.2) is 4.39 Å². The van der Waals surface area contributed by atoms with Crippen molar-refractivity contribution in [1.29, 1.82) is 0 Å². The summed E-state index contributed by atoms with van der Waals surface area (Å²) >= 11 is 4.72. The van der Waals surface area contributed by atoms with E-state index in [1.165, 1.54) is 12.1 Å². The van der Waals surface area contributed by atoms with E-state index in [0.29, 0.717) is 5.75 Å². The van der Waals surface area contributed by atoms with Crippen LogP contribution in [0.2, 0.25) is 0 Å². The number of hydrogen-bond acceptors (Lipinski definition) is 3. The van der Waals surface area contributed by atoms with E-state index in [4.69, 9.17) is 22.7 Å². The van der Waals surface area contributed by atoms with Crippen molar-refractivity contribution in [1.82, 2.24) is 9.78 Å². The van der Waals surface area contributed by atoms with Crippen LogP contribution < -0.4 is 10.5 Å². The summed E-state index contributed by atoms with van der Waals surface area (Å²) in [6.45, 7) is 0.284. The Morgan fingerprint density at radius 3 is 2.83 bits per heavy atom. The third kappa shape index (κ3) is 2.84. The van der Waals surface area contributed by atoms with Gasteiger partial charge in [-0.1, -0.05) is 12.2 Å². The molecule has 4 nitrogen and oxygen atoms in total. The minimum Gasteiger partial charge on any atom is -0.487 e. The molecule has 0 atom stereocenters. The summed E-state index contributed by atoms with van der Waals surface area (Å²) in [5.74, 6) is -0.0702. The smallest absolute Gasteiger partial charge is 0.137 e. The van der Waals surface area contributed by atoms with E-state index in [1.54, 1.807) is 10.7 Å². The lowest BCUT2D eigenvalue weighted by molar-refractivity contribution is 0.298. The maximum Gasteiger partial charge on any atom is 0.137 e. The molecule has 0 fully saturated rings. The van der Waals surface area contributed by atoms with E-state index < -0.39 is 5.82 Å². The SMILES string of the molecule is Cn1ccc(COc2ccc(C(N)=S)c(F)c2)n1. The van der Waals surface area contributed by atoms with Crippen molar-refractivity contribution in [3.63, 3.8) is 0 Å². The molecule has 18 heavy (non-hydrogen) atoms. The topological polar surface area (TPSA) is 53.1 Å². The third-order valence-corrected chi connectivity index (χ3v) is 2.58. The number of aromatic nitrogens is 2. The van der Waals surface area contributed by atoms with Crippen molar-refractivity contribution >= 4 is 17.2 Å². The molecule has 0 amide bonds. The second kappa shape index (κ2) is 5.14. The number of nitrogens with zero attached hydrogens (tertiary/aromatic N) is 2. The molecule has 0 saturated heterocycles. The van der Waals surface area contributed by atoms with E-state index in [2.05, 4.69) is 5.10 Å². The maximum absolute atomic E-state index is 13.6. The Bertz CT molecular complexity index is 582.